The van der Waals surface area contributed by atoms with Gasteiger partial charge in [0.2, 0.25) is 0 Å². The van der Waals surface area contributed by atoms with Crippen molar-refractivity contribution in [3.05, 3.63) is 47.6 Å². The topological polar surface area (TPSA) is 91.5 Å². The van der Waals surface area contributed by atoms with Gasteiger partial charge in [0.15, 0.2) is 0 Å². The highest BCUT2D eigenvalue weighted by Gasteiger charge is 2.33. The molecular formula is C15H18N4O3. The highest BCUT2D eigenvalue weighted by atomic mass is 16.5. The number of likely N-dealkylation sites (tertiary alicyclic amines) is 1. The molecular weight excluding hydrogens is 284 g/mol. The Hall–Kier alpha value is -2.25. The average molecular weight is 302 g/mol. The third kappa shape index (κ3) is 3.32. The first-order valence-electron chi connectivity index (χ1n) is 7.16. The predicted molar refractivity (Wildman–Crippen MR) is 78.0 cm³/mol. The molecule has 0 aromatic carbocycles. The molecule has 1 aliphatic heterocycles. The minimum atomic E-state index is -0.610. The summed E-state index contributed by atoms with van der Waals surface area (Å²) in [6, 6.07) is 6.70. The number of nitrogens with zero attached hydrogens (tertiary/aromatic N) is 3. The van der Waals surface area contributed by atoms with Crippen LogP contribution in [0.25, 0.3) is 0 Å². The van der Waals surface area contributed by atoms with Crippen molar-refractivity contribution in [1.29, 1.82) is 0 Å². The number of pyridine rings is 1. The molecule has 116 valence electrons. The maximum Gasteiger partial charge on any atom is 0.270 e. The van der Waals surface area contributed by atoms with E-state index in [1.54, 1.807) is 24.4 Å². The number of β-amino-alcohol motifs (C(OH)–C–C–N with tert-alkyl or cyclic N) is 1. The van der Waals surface area contributed by atoms with Crippen LogP contribution in [0.3, 0.4) is 0 Å². The fourth-order valence-electron chi connectivity index (χ4n) is 2.60. The van der Waals surface area contributed by atoms with E-state index in [1.165, 1.54) is 0 Å². The third-order valence-electron chi connectivity index (χ3n) is 3.64. The highest BCUT2D eigenvalue weighted by molar-refractivity contribution is 5.92. The number of aryl methyl sites for hydroxylation is 1. The van der Waals surface area contributed by atoms with Crippen molar-refractivity contribution in [3.8, 4) is 0 Å². The Labute approximate surface area is 127 Å². The normalized spacial score (nSPS) is 21.9. The molecule has 0 spiro atoms. The molecule has 0 saturated carbocycles. The van der Waals surface area contributed by atoms with Gasteiger partial charge in [0.1, 0.15) is 11.5 Å². The van der Waals surface area contributed by atoms with E-state index in [4.69, 9.17) is 4.52 Å². The summed E-state index contributed by atoms with van der Waals surface area (Å²) >= 11 is 0. The van der Waals surface area contributed by atoms with Crippen LogP contribution in [0.5, 0.6) is 0 Å². The molecule has 2 aromatic rings. The second-order valence-electron chi connectivity index (χ2n) is 5.49. The minimum Gasteiger partial charge on any atom is -0.390 e. The molecule has 0 unspecified atom stereocenters. The number of hydrogen-bond acceptors (Lipinski definition) is 6. The lowest BCUT2D eigenvalue weighted by Gasteiger charge is -2.15. The Bertz CT molecular complexity index is 643. The lowest BCUT2D eigenvalue weighted by atomic mass is 10.2. The molecule has 0 bridgehead atoms. The van der Waals surface area contributed by atoms with Crippen molar-refractivity contribution in [2.24, 2.45) is 0 Å². The first-order chi connectivity index (χ1) is 10.6. The molecule has 1 fully saturated rings. The van der Waals surface area contributed by atoms with E-state index in [2.05, 4.69) is 15.5 Å². The number of aliphatic hydroxyl groups is 1. The zero-order valence-electron chi connectivity index (χ0n) is 12.3. The van der Waals surface area contributed by atoms with Gasteiger partial charge < -0.3 is 14.9 Å². The van der Waals surface area contributed by atoms with Crippen LogP contribution < -0.4 is 5.32 Å². The van der Waals surface area contributed by atoms with E-state index in [1.807, 2.05) is 17.9 Å². The summed E-state index contributed by atoms with van der Waals surface area (Å²) in [5, 5.41) is 16.9. The van der Waals surface area contributed by atoms with E-state index < -0.39 is 6.10 Å². The maximum atomic E-state index is 12.1. The van der Waals surface area contributed by atoms with E-state index in [9.17, 15) is 9.90 Å². The largest absolute Gasteiger partial charge is 0.390 e. The van der Waals surface area contributed by atoms with Crippen molar-refractivity contribution >= 4 is 5.91 Å². The van der Waals surface area contributed by atoms with E-state index >= 15 is 0 Å². The molecule has 7 nitrogen and oxygen atoms in total. The lowest BCUT2D eigenvalue weighted by molar-refractivity contribution is 0.0883. The van der Waals surface area contributed by atoms with Crippen LogP contribution in [0.1, 0.15) is 21.9 Å². The summed E-state index contributed by atoms with van der Waals surface area (Å²) in [6.07, 6.45) is 0.958. The molecule has 0 radical (unpaired) electrons. The van der Waals surface area contributed by atoms with E-state index in [0.717, 1.165) is 11.5 Å². The number of amides is 1. The Morgan fingerprint density at radius 2 is 2.36 bits per heavy atom. The van der Waals surface area contributed by atoms with Gasteiger partial charge in [0.25, 0.3) is 5.91 Å². The molecule has 1 amide bonds. The first-order valence-corrected chi connectivity index (χ1v) is 7.16. The van der Waals surface area contributed by atoms with Crippen LogP contribution in [-0.2, 0) is 6.54 Å². The molecule has 0 aliphatic carbocycles. The summed E-state index contributed by atoms with van der Waals surface area (Å²) < 4.78 is 5.03. The van der Waals surface area contributed by atoms with E-state index in [-0.39, 0.29) is 11.9 Å². The van der Waals surface area contributed by atoms with Crippen molar-refractivity contribution in [1.82, 2.24) is 20.4 Å². The number of rotatable bonds is 4. The van der Waals surface area contributed by atoms with Crippen LogP contribution in [0.4, 0.5) is 0 Å². The summed E-state index contributed by atoms with van der Waals surface area (Å²) in [5.41, 5.74) is 1.17. The molecule has 1 saturated heterocycles. The van der Waals surface area contributed by atoms with Crippen LogP contribution in [-0.4, -0.2) is 51.3 Å². The number of aliphatic hydroxyl groups excluding tert-OH is 1. The zero-order valence-corrected chi connectivity index (χ0v) is 12.3. The van der Waals surface area contributed by atoms with E-state index in [0.29, 0.717) is 25.3 Å². The molecule has 2 aromatic heterocycles. The first kappa shape index (κ1) is 14.7. The predicted octanol–water partition coefficient (Wildman–Crippen LogP) is 0.353. The fraction of sp³-hybridized carbons (Fsp3) is 0.400. The number of nitrogens with one attached hydrogen (secondary N) is 1. The van der Waals surface area contributed by atoms with Crippen molar-refractivity contribution < 1.29 is 14.4 Å². The smallest absolute Gasteiger partial charge is 0.270 e. The van der Waals surface area contributed by atoms with Crippen LogP contribution in [0.2, 0.25) is 0 Å². The second-order valence-corrected chi connectivity index (χ2v) is 5.49. The Balaban J connectivity index is 1.58. The van der Waals surface area contributed by atoms with Crippen LogP contribution in [0.15, 0.2) is 35.0 Å². The highest BCUT2D eigenvalue weighted by Crippen LogP contribution is 2.14. The number of aromatic nitrogens is 2. The second kappa shape index (κ2) is 6.25. The lowest BCUT2D eigenvalue weighted by Crippen LogP contribution is -2.43. The molecule has 3 rings (SSSR count). The molecule has 3 heterocycles. The Morgan fingerprint density at radius 3 is 3.05 bits per heavy atom. The number of hydrogen-bond donors (Lipinski definition) is 2. The minimum absolute atomic E-state index is 0.274. The van der Waals surface area contributed by atoms with Gasteiger partial charge in [-0.3, -0.25) is 14.7 Å². The molecule has 7 heteroatoms. The molecule has 2 atom stereocenters. The van der Waals surface area contributed by atoms with Gasteiger partial charge in [-0.05, 0) is 19.1 Å². The summed E-state index contributed by atoms with van der Waals surface area (Å²) in [5.74, 6) is 0.485. The molecule has 22 heavy (non-hydrogen) atoms. The quantitative estimate of drug-likeness (QED) is 0.847. The van der Waals surface area contributed by atoms with Crippen LogP contribution in [0, 0.1) is 6.92 Å². The van der Waals surface area contributed by atoms with Gasteiger partial charge in [-0.2, -0.15) is 0 Å². The number of carbonyl (C=O) groups is 1. The SMILES string of the molecule is Cc1cc(CN2C[C@@H](O)[C@H](NC(=O)c3ccccn3)C2)no1. The Morgan fingerprint density at radius 1 is 1.50 bits per heavy atom. The number of carbonyl (C=O) groups excluding carboxylic acids is 1. The van der Waals surface area contributed by atoms with Gasteiger partial charge in [0, 0.05) is 31.9 Å². The zero-order chi connectivity index (χ0) is 15.5. The fourth-order valence-corrected chi connectivity index (χ4v) is 2.60. The van der Waals surface area contributed by atoms with Crippen LogP contribution >= 0.6 is 0 Å². The summed E-state index contributed by atoms with van der Waals surface area (Å²) in [4.78, 5) is 18.1. The van der Waals surface area contributed by atoms with Gasteiger partial charge in [-0.15, -0.1) is 0 Å². The molecule has 1 aliphatic rings. The van der Waals surface area contributed by atoms with Gasteiger partial charge in [0.05, 0.1) is 17.8 Å². The van der Waals surface area contributed by atoms with Gasteiger partial charge >= 0.3 is 0 Å². The van der Waals surface area contributed by atoms with Gasteiger partial charge in [-0.1, -0.05) is 11.2 Å². The average Bonchev–Trinajstić information content (AvgIpc) is 3.06. The third-order valence-corrected chi connectivity index (χ3v) is 3.64. The Kier molecular flexibility index (Phi) is 4.17. The van der Waals surface area contributed by atoms with Crippen molar-refractivity contribution in [2.45, 2.75) is 25.6 Å². The standard InChI is InChI=1S/C15H18N4O3/c1-10-6-11(18-22-10)7-19-8-13(14(20)9-19)17-15(21)12-4-2-3-5-16-12/h2-6,13-14,20H,7-9H2,1H3,(H,17,21)/t13-,14-/m1/s1. The monoisotopic (exact) mass is 302 g/mol. The summed E-state index contributed by atoms with van der Waals surface area (Å²) in [6.45, 7) is 3.47. The van der Waals surface area contributed by atoms with Gasteiger partial charge in [-0.25, -0.2) is 0 Å². The van der Waals surface area contributed by atoms with Crippen molar-refractivity contribution in [3.63, 3.8) is 0 Å². The summed E-state index contributed by atoms with van der Waals surface area (Å²) in [7, 11) is 0. The van der Waals surface area contributed by atoms with Crippen molar-refractivity contribution in [2.75, 3.05) is 13.1 Å². The maximum absolute atomic E-state index is 12.1. The molecule has 2 N–H and O–H groups in total.